The van der Waals surface area contributed by atoms with E-state index in [1.807, 2.05) is 0 Å². The summed E-state index contributed by atoms with van der Waals surface area (Å²) in [6, 6.07) is 0. The van der Waals surface area contributed by atoms with Gasteiger partial charge in [0.1, 0.15) is 13.2 Å². The molecule has 7 heteroatoms. The Bertz CT molecular complexity index is 230. The van der Waals surface area contributed by atoms with Gasteiger partial charge in [-0.3, -0.25) is 14.4 Å². The minimum atomic E-state index is -0.376. The molecule has 0 atom stereocenters. The first-order valence-electron chi connectivity index (χ1n) is 4.63. The summed E-state index contributed by atoms with van der Waals surface area (Å²) in [5.74, 6) is -1.05. The lowest BCUT2D eigenvalue weighted by molar-refractivity contribution is -0.129. The molecule has 2 amide bonds. The molecule has 0 bridgehead atoms. The monoisotopic (exact) mass is 232 g/mol. The number of ketones is 1. The highest BCUT2D eigenvalue weighted by molar-refractivity contribution is 5.90. The third kappa shape index (κ3) is 7.89. The van der Waals surface area contributed by atoms with Gasteiger partial charge in [-0.25, -0.2) is 0 Å². The number of nitrogens with one attached hydrogen (secondary N) is 2. The van der Waals surface area contributed by atoms with Crippen LogP contribution in [0.2, 0.25) is 0 Å². The van der Waals surface area contributed by atoms with E-state index in [1.165, 1.54) is 14.2 Å². The summed E-state index contributed by atoms with van der Waals surface area (Å²) in [7, 11) is 2.76. The SMILES string of the molecule is COCC(=O)NCC(=O)CNC(=O)COC. The van der Waals surface area contributed by atoms with Crippen LogP contribution in [0.15, 0.2) is 0 Å². The Morgan fingerprint density at radius 1 is 0.875 bits per heavy atom. The fourth-order valence-corrected chi connectivity index (χ4v) is 0.821. The molecule has 0 fully saturated rings. The number of methoxy groups -OCH3 is 2. The standard InChI is InChI=1S/C9H16N2O5/c1-15-5-8(13)10-3-7(12)4-11-9(14)6-16-2/h3-6H2,1-2H3,(H,10,13)(H,11,14). The molecule has 0 aromatic rings. The van der Waals surface area contributed by atoms with Gasteiger partial charge in [-0.1, -0.05) is 0 Å². The highest BCUT2D eigenvalue weighted by atomic mass is 16.5. The molecular formula is C9H16N2O5. The second-order valence-electron chi connectivity index (χ2n) is 2.96. The van der Waals surface area contributed by atoms with Crippen molar-refractivity contribution in [1.82, 2.24) is 10.6 Å². The van der Waals surface area contributed by atoms with Crippen LogP contribution in [0.3, 0.4) is 0 Å². The van der Waals surface area contributed by atoms with Crippen LogP contribution in [0.25, 0.3) is 0 Å². The molecule has 0 saturated heterocycles. The number of carbonyl (C=O) groups excluding carboxylic acids is 3. The topological polar surface area (TPSA) is 93.7 Å². The van der Waals surface area contributed by atoms with Gasteiger partial charge in [-0.2, -0.15) is 0 Å². The van der Waals surface area contributed by atoms with E-state index in [0.717, 1.165) is 0 Å². The normalized spacial score (nSPS) is 9.62. The van der Waals surface area contributed by atoms with Gasteiger partial charge in [0.2, 0.25) is 11.8 Å². The highest BCUT2D eigenvalue weighted by Crippen LogP contribution is 1.74. The van der Waals surface area contributed by atoms with Crippen molar-refractivity contribution in [2.24, 2.45) is 0 Å². The molecule has 16 heavy (non-hydrogen) atoms. The molecule has 0 aliphatic heterocycles. The number of amides is 2. The van der Waals surface area contributed by atoms with Gasteiger partial charge < -0.3 is 20.1 Å². The molecule has 0 aromatic carbocycles. The van der Waals surface area contributed by atoms with E-state index in [-0.39, 0.29) is 43.9 Å². The summed E-state index contributed by atoms with van der Waals surface area (Å²) in [6.45, 7) is -0.447. The van der Waals surface area contributed by atoms with Crippen LogP contribution in [0, 0.1) is 0 Å². The van der Waals surface area contributed by atoms with Crippen LogP contribution in [0.5, 0.6) is 0 Å². The lowest BCUT2D eigenvalue weighted by Gasteiger charge is -2.05. The Morgan fingerprint density at radius 2 is 1.25 bits per heavy atom. The highest BCUT2D eigenvalue weighted by Gasteiger charge is 2.07. The predicted molar refractivity (Wildman–Crippen MR) is 54.8 cm³/mol. The lowest BCUT2D eigenvalue weighted by atomic mass is 10.3. The van der Waals surface area contributed by atoms with E-state index in [9.17, 15) is 14.4 Å². The number of hydrogen-bond donors (Lipinski definition) is 2. The van der Waals surface area contributed by atoms with Crippen molar-refractivity contribution in [3.8, 4) is 0 Å². The van der Waals surface area contributed by atoms with E-state index in [4.69, 9.17) is 0 Å². The molecular weight excluding hydrogens is 216 g/mol. The summed E-state index contributed by atoms with van der Waals surface area (Å²) < 4.78 is 9.11. The molecule has 92 valence electrons. The number of hydrogen-bond acceptors (Lipinski definition) is 5. The van der Waals surface area contributed by atoms with Crippen molar-refractivity contribution in [2.75, 3.05) is 40.5 Å². The quantitative estimate of drug-likeness (QED) is 0.509. The number of rotatable bonds is 8. The molecule has 0 radical (unpaired) electrons. The van der Waals surface area contributed by atoms with Crippen molar-refractivity contribution in [2.45, 2.75) is 0 Å². The van der Waals surface area contributed by atoms with Crippen molar-refractivity contribution in [1.29, 1.82) is 0 Å². The number of carbonyl (C=O) groups is 3. The maximum Gasteiger partial charge on any atom is 0.246 e. The maximum atomic E-state index is 11.1. The zero-order valence-electron chi connectivity index (χ0n) is 9.37. The van der Waals surface area contributed by atoms with Gasteiger partial charge in [0.15, 0.2) is 5.78 Å². The Morgan fingerprint density at radius 3 is 1.56 bits per heavy atom. The van der Waals surface area contributed by atoms with Gasteiger partial charge in [0.05, 0.1) is 13.1 Å². The van der Waals surface area contributed by atoms with Gasteiger partial charge in [-0.05, 0) is 0 Å². The summed E-state index contributed by atoms with van der Waals surface area (Å²) in [5, 5.41) is 4.69. The minimum Gasteiger partial charge on any atom is -0.375 e. The van der Waals surface area contributed by atoms with E-state index in [2.05, 4.69) is 20.1 Å². The van der Waals surface area contributed by atoms with E-state index >= 15 is 0 Å². The van der Waals surface area contributed by atoms with E-state index < -0.39 is 0 Å². The van der Waals surface area contributed by atoms with Gasteiger partial charge in [0, 0.05) is 14.2 Å². The van der Waals surface area contributed by atoms with Gasteiger partial charge in [-0.15, -0.1) is 0 Å². The molecule has 2 N–H and O–H groups in total. The molecule has 0 aromatic heterocycles. The van der Waals surface area contributed by atoms with Crippen LogP contribution < -0.4 is 10.6 Å². The second kappa shape index (κ2) is 8.81. The first-order chi connectivity index (χ1) is 7.60. The Hall–Kier alpha value is -1.47. The van der Waals surface area contributed by atoms with E-state index in [1.54, 1.807) is 0 Å². The third-order valence-electron chi connectivity index (χ3n) is 1.52. The molecule has 0 aliphatic carbocycles. The van der Waals surface area contributed by atoms with E-state index in [0.29, 0.717) is 0 Å². The van der Waals surface area contributed by atoms with Gasteiger partial charge in [0.25, 0.3) is 0 Å². The second-order valence-corrected chi connectivity index (χ2v) is 2.96. The Balaban J connectivity index is 3.59. The molecule has 0 rings (SSSR count). The zero-order chi connectivity index (χ0) is 12.4. The predicted octanol–water partition coefficient (Wildman–Crippen LogP) is -1.92. The summed E-state index contributed by atoms with van der Waals surface area (Å²) in [4.78, 5) is 32.9. The van der Waals surface area contributed by atoms with Crippen LogP contribution in [0.1, 0.15) is 0 Å². The Kier molecular flexibility index (Phi) is 8.00. The maximum absolute atomic E-state index is 11.1. The van der Waals surface area contributed by atoms with Crippen molar-refractivity contribution < 1.29 is 23.9 Å². The molecule has 0 aliphatic rings. The van der Waals surface area contributed by atoms with Crippen molar-refractivity contribution in [3.05, 3.63) is 0 Å². The average molecular weight is 232 g/mol. The first-order valence-corrected chi connectivity index (χ1v) is 4.63. The number of ether oxygens (including phenoxy) is 2. The molecule has 0 spiro atoms. The molecule has 0 heterocycles. The number of Topliss-reactive ketones (excluding diaryl/α,β-unsaturated/α-hetero) is 1. The van der Waals surface area contributed by atoms with Crippen molar-refractivity contribution >= 4 is 17.6 Å². The fraction of sp³-hybridized carbons (Fsp3) is 0.667. The molecule has 7 nitrogen and oxygen atoms in total. The summed E-state index contributed by atoms with van der Waals surface area (Å²) >= 11 is 0. The van der Waals surface area contributed by atoms with Crippen molar-refractivity contribution in [3.63, 3.8) is 0 Å². The van der Waals surface area contributed by atoms with Crippen LogP contribution in [0.4, 0.5) is 0 Å². The largest absolute Gasteiger partial charge is 0.375 e. The Labute approximate surface area is 93.5 Å². The van der Waals surface area contributed by atoms with Crippen LogP contribution in [-0.2, 0) is 23.9 Å². The fourth-order valence-electron chi connectivity index (χ4n) is 0.821. The molecule has 0 unspecified atom stereocenters. The first kappa shape index (κ1) is 14.5. The lowest BCUT2D eigenvalue weighted by Crippen LogP contribution is -2.38. The summed E-state index contributed by atoms with van der Waals surface area (Å²) in [5.41, 5.74) is 0. The van der Waals surface area contributed by atoms with Gasteiger partial charge >= 0.3 is 0 Å². The smallest absolute Gasteiger partial charge is 0.246 e. The molecule has 0 saturated carbocycles. The van der Waals surface area contributed by atoms with Crippen LogP contribution >= 0.6 is 0 Å². The zero-order valence-corrected chi connectivity index (χ0v) is 9.37. The average Bonchev–Trinajstić information content (AvgIpc) is 2.24. The van der Waals surface area contributed by atoms with Crippen LogP contribution in [-0.4, -0.2) is 58.1 Å². The minimum absolute atomic E-state index is 0.0939. The third-order valence-corrected chi connectivity index (χ3v) is 1.52. The summed E-state index contributed by atoms with van der Waals surface area (Å²) in [6.07, 6.45) is 0.